The molecular formula is C7H11N3O. The van der Waals surface area contributed by atoms with Crippen LogP contribution in [0.2, 0.25) is 0 Å². The number of amidine groups is 1. The van der Waals surface area contributed by atoms with E-state index in [-0.39, 0.29) is 0 Å². The lowest BCUT2D eigenvalue weighted by atomic mass is 10.2. The zero-order chi connectivity index (χ0) is 8.10. The van der Waals surface area contributed by atoms with E-state index in [0.29, 0.717) is 5.84 Å². The van der Waals surface area contributed by atoms with E-state index in [1.165, 1.54) is 6.42 Å². The Morgan fingerprint density at radius 2 is 2.09 bits per heavy atom. The zero-order valence-corrected chi connectivity index (χ0v) is 6.58. The summed E-state index contributed by atoms with van der Waals surface area (Å²) in [5, 5.41) is 6.89. The zero-order valence-electron chi connectivity index (χ0n) is 6.58. The SMILES string of the molecule is CCCCCC1=NC(=O)N=N1. The van der Waals surface area contributed by atoms with Crippen LogP contribution in [0.4, 0.5) is 4.79 Å². The monoisotopic (exact) mass is 153 g/mol. The maximum absolute atomic E-state index is 10.4. The van der Waals surface area contributed by atoms with Crippen LogP contribution in [0.1, 0.15) is 32.6 Å². The highest BCUT2D eigenvalue weighted by Gasteiger charge is 2.08. The maximum atomic E-state index is 10.4. The van der Waals surface area contributed by atoms with Crippen molar-refractivity contribution in [1.82, 2.24) is 0 Å². The second-order valence-corrected chi connectivity index (χ2v) is 2.47. The Morgan fingerprint density at radius 1 is 1.27 bits per heavy atom. The third-order valence-electron chi connectivity index (χ3n) is 1.48. The van der Waals surface area contributed by atoms with Crippen LogP contribution in [-0.4, -0.2) is 11.9 Å². The lowest BCUT2D eigenvalue weighted by Gasteiger charge is -1.92. The second-order valence-electron chi connectivity index (χ2n) is 2.47. The molecule has 0 unspecified atom stereocenters. The molecule has 1 rings (SSSR count). The van der Waals surface area contributed by atoms with Crippen LogP contribution in [0.15, 0.2) is 15.2 Å². The van der Waals surface area contributed by atoms with Gasteiger partial charge in [-0.2, -0.15) is 4.99 Å². The molecule has 0 N–H and O–H groups in total. The van der Waals surface area contributed by atoms with Crippen LogP contribution < -0.4 is 0 Å². The predicted octanol–water partition coefficient (Wildman–Crippen LogP) is 2.55. The molecular weight excluding hydrogens is 142 g/mol. The third-order valence-corrected chi connectivity index (χ3v) is 1.48. The van der Waals surface area contributed by atoms with Crippen molar-refractivity contribution in [2.75, 3.05) is 0 Å². The van der Waals surface area contributed by atoms with Crippen molar-refractivity contribution >= 4 is 11.9 Å². The number of amides is 2. The highest BCUT2D eigenvalue weighted by atomic mass is 16.2. The van der Waals surface area contributed by atoms with E-state index in [2.05, 4.69) is 22.1 Å². The number of carbonyl (C=O) groups excluding carboxylic acids is 1. The molecule has 0 radical (unpaired) electrons. The van der Waals surface area contributed by atoms with Gasteiger partial charge in [0.05, 0.1) is 0 Å². The Hall–Kier alpha value is -1.06. The first kappa shape index (κ1) is 8.04. The van der Waals surface area contributed by atoms with Gasteiger partial charge in [-0.15, -0.1) is 5.11 Å². The maximum Gasteiger partial charge on any atom is 0.387 e. The lowest BCUT2D eigenvalue weighted by molar-refractivity contribution is 0.257. The Bertz CT molecular complexity index is 208. The van der Waals surface area contributed by atoms with E-state index in [0.717, 1.165) is 19.3 Å². The van der Waals surface area contributed by atoms with Crippen LogP contribution in [-0.2, 0) is 0 Å². The molecule has 11 heavy (non-hydrogen) atoms. The highest BCUT2D eigenvalue weighted by molar-refractivity contribution is 5.98. The second kappa shape index (κ2) is 3.95. The molecule has 0 aliphatic carbocycles. The molecule has 0 atom stereocenters. The number of aliphatic imine (C=N–C) groups is 1. The quantitative estimate of drug-likeness (QED) is 0.572. The van der Waals surface area contributed by atoms with Gasteiger partial charge < -0.3 is 0 Å². The first-order valence-electron chi connectivity index (χ1n) is 3.86. The number of hydrogen-bond acceptors (Lipinski definition) is 2. The lowest BCUT2D eigenvalue weighted by Crippen LogP contribution is -1.90. The molecule has 0 aromatic heterocycles. The molecule has 0 saturated carbocycles. The van der Waals surface area contributed by atoms with Gasteiger partial charge in [0.1, 0.15) is 0 Å². The Morgan fingerprint density at radius 3 is 2.64 bits per heavy atom. The number of rotatable bonds is 4. The van der Waals surface area contributed by atoms with Gasteiger partial charge >= 0.3 is 6.03 Å². The number of carbonyl (C=O) groups is 1. The van der Waals surface area contributed by atoms with Gasteiger partial charge in [-0.25, -0.2) is 4.79 Å². The van der Waals surface area contributed by atoms with Crippen LogP contribution in [0.3, 0.4) is 0 Å². The summed E-state index contributed by atoms with van der Waals surface area (Å²) in [6, 6.07) is -0.462. The molecule has 4 heteroatoms. The minimum Gasteiger partial charge on any atom is -0.242 e. The van der Waals surface area contributed by atoms with Crippen molar-refractivity contribution in [1.29, 1.82) is 0 Å². The highest BCUT2D eigenvalue weighted by Crippen LogP contribution is 2.06. The summed E-state index contributed by atoms with van der Waals surface area (Å²) in [7, 11) is 0. The number of urea groups is 1. The number of hydrogen-bond donors (Lipinski definition) is 0. The van der Waals surface area contributed by atoms with Gasteiger partial charge in [-0.05, 0) is 6.42 Å². The Kier molecular flexibility index (Phi) is 2.89. The van der Waals surface area contributed by atoms with Gasteiger partial charge in [-0.3, -0.25) is 0 Å². The van der Waals surface area contributed by atoms with Gasteiger partial charge in [0.25, 0.3) is 0 Å². The minimum atomic E-state index is -0.462. The van der Waals surface area contributed by atoms with Crippen LogP contribution in [0.25, 0.3) is 0 Å². The molecule has 0 aromatic carbocycles. The van der Waals surface area contributed by atoms with E-state index < -0.39 is 6.03 Å². The largest absolute Gasteiger partial charge is 0.387 e. The normalized spacial score (nSPS) is 15.7. The molecule has 0 aromatic rings. The Balaban J connectivity index is 2.23. The van der Waals surface area contributed by atoms with Crippen molar-refractivity contribution in [3.8, 4) is 0 Å². The fourth-order valence-corrected chi connectivity index (χ4v) is 0.895. The first-order chi connectivity index (χ1) is 5.33. The average Bonchev–Trinajstić information content (AvgIpc) is 2.37. The summed E-state index contributed by atoms with van der Waals surface area (Å²) < 4.78 is 0. The summed E-state index contributed by atoms with van der Waals surface area (Å²) in [4.78, 5) is 14.0. The molecule has 1 heterocycles. The fraction of sp³-hybridized carbons (Fsp3) is 0.714. The average molecular weight is 153 g/mol. The van der Waals surface area contributed by atoms with E-state index in [1.54, 1.807) is 0 Å². The van der Waals surface area contributed by atoms with Crippen molar-refractivity contribution < 1.29 is 4.79 Å². The smallest absolute Gasteiger partial charge is 0.242 e. The van der Waals surface area contributed by atoms with Crippen molar-refractivity contribution in [2.24, 2.45) is 15.2 Å². The van der Waals surface area contributed by atoms with E-state index in [4.69, 9.17) is 0 Å². The fourth-order valence-electron chi connectivity index (χ4n) is 0.895. The third kappa shape index (κ3) is 2.57. The number of unbranched alkanes of at least 4 members (excludes halogenated alkanes) is 2. The van der Waals surface area contributed by atoms with E-state index in [1.807, 2.05) is 0 Å². The van der Waals surface area contributed by atoms with Gasteiger partial charge in [-0.1, -0.05) is 24.9 Å². The number of nitrogens with zero attached hydrogens (tertiary/aromatic N) is 3. The molecule has 60 valence electrons. The van der Waals surface area contributed by atoms with Crippen LogP contribution >= 0.6 is 0 Å². The van der Waals surface area contributed by atoms with Gasteiger partial charge in [0, 0.05) is 6.42 Å². The minimum absolute atomic E-state index is 0.462. The summed E-state index contributed by atoms with van der Waals surface area (Å²) in [6.07, 6.45) is 4.14. The molecule has 4 nitrogen and oxygen atoms in total. The van der Waals surface area contributed by atoms with E-state index >= 15 is 0 Å². The topological polar surface area (TPSA) is 54.1 Å². The Labute approximate surface area is 65.4 Å². The molecule has 0 saturated heterocycles. The van der Waals surface area contributed by atoms with Gasteiger partial charge in [0.2, 0.25) is 0 Å². The molecule has 0 spiro atoms. The van der Waals surface area contributed by atoms with Crippen LogP contribution in [0.5, 0.6) is 0 Å². The summed E-state index contributed by atoms with van der Waals surface area (Å²) in [5.74, 6) is 0.587. The summed E-state index contributed by atoms with van der Waals surface area (Å²) in [6.45, 7) is 2.13. The van der Waals surface area contributed by atoms with Crippen molar-refractivity contribution in [2.45, 2.75) is 32.6 Å². The summed E-state index contributed by atoms with van der Waals surface area (Å²) >= 11 is 0. The first-order valence-corrected chi connectivity index (χ1v) is 3.86. The predicted molar refractivity (Wildman–Crippen MR) is 41.8 cm³/mol. The number of azo groups is 1. The van der Waals surface area contributed by atoms with Crippen molar-refractivity contribution in [3.63, 3.8) is 0 Å². The summed E-state index contributed by atoms with van der Waals surface area (Å²) in [5.41, 5.74) is 0. The van der Waals surface area contributed by atoms with Gasteiger partial charge in [0.15, 0.2) is 5.84 Å². The van der Waals surface area contributed by atoms with Crippen molar-refractivity contribution in [3.05, 3.63) is 0 Å². The molecule has 0 fully saturated rings. The molecule has 1 aliphatic rings. The van der Waals surface area contributed by atoms with E-state index in [9.17, 15) is 4.79 Å². The molecule has 1 aliphatic heterocycles. The van der Waals surface area contributed by atoms with Crippen LogP contribution in [0, 0.1) is 0 Å². The molecule has 0 bridgehead atoms. The molecule has 2 amide bonds. The standard InChI is InChI=1S/C7H11N3O/c1-2-3-4-5-6-8-7(11)10-9-6/h2-5H2,1H3.